The number of nitrogens with zero attached hydrogens (tertiary/aromatic N) is 2. The predicted molar refractivity (Wildman–Crippen MR) is 108 cm³/mol. The van der Waals surface area contributed by atoms with Crippen molar-refractivity contribution < 1.29 is 5.11 Å². The summed E-state index contributed by atoms with van der Waals surface area (Å²) >= 11 is 0. The molecule has 1 saturated carbocycles. The maximum absolute atomic E-state index is 9.49. The molecule has 0 amide bonds. The van der Waals surface area contributed by atoms with Crippen molar-refractivity contribution in [2.24, 2.45) is 10.7 Å². The third kappa shape index (κ3) is 7.39. The zero-order chi connectivity index (χ0) is 15.8. The number of benzene rings is 1. The number of para-hydroxylation sites is 1. The minimum atomic E-state index is -0.135. The first-order valence-corrected chi connectivity index (χ1v) is 8.16. The van der Waals surface area contributed by atoms with Gasteiger partial charge in [0, 0.05) is 31.9 Å². The second-order valence-corrected chi connectivity index (χ2v) is 6.03. The highest BCUT2D eigenvalue weighted by molar-refractivity contribution is 14.0. The Morgan fingerprint density at radius 3 is 2.57 bits per heavy atom. The molecular weight excluding hydrogens is 403 g/mol. The van der Waals surface area contributed by atoms with Crippen LogP contribution < -0.4 is 16.0 Å². The fourth-order valence-electron chi connectivity index (χ4n) is 2.79. The number of aliphatic imine (C=N–C) groups is 1. The van der Waals surface area contributed by atoms with Crippen molar-refractivity contribution in [3.05, 3.63) is 30.3 Å². The lowest BCUT2D eigenvalue weighted by atomic mass is 9.93. The predicted octanol–water partition coefficient (Wildman–Crippen LogP) is 2.34. The average molecular weight is 432 g/mol. The van der Waals surface area contributed by atoms with Crippen LogP contribution in [0.1, 0.15) is 32.1 Å². The molecule has 0 atom stereocenters. The van der Waals surface area contributed by atoms with Gasteiger partial charge in [0.15, 0.2) is 5.96 Å². The Kier molecular flexibility index (Phi) is 9.31. The van der Waals surface area contributed by atoms with Crippen molar-refractivity contribution in [2.75, 3.05) is 25.0 Å². The number of rotatable bonds is 6. The number of anilines is 1. The summed E-state index contributed by atoms with van der Waals surface area (Å²) in [6.45, 7) is 1.68. The fourth-order valence-corrected chi connectivity index (χ4v) is 2.79. The first kappa shape index (κ1) is 20.0. The molecule has 0 aliphatic heterocycles. The lowest BCUT2D eigenvalue weighted by molar-refractivity contribution is 0.120. The topological polar surface area (TPSA) is 73.9 Å². The van der Waals surface area contributed by atoms with Crippen molar-refractivity contribution >= 4 is 35.6 Å². The van der Waals surface area contributed by atoms with Crippen molar-refractivity contribution in [2.45, 2.75) is 44.2 Å². The second kappa shape index (κ2) is 10.7. The first-order chi connectivity index (χ1) is 10.6. The molecule has 0 radical (unpaired) electrons. The summed E-state index contributed by atoms with van der Waals surface area (Å²) < 4.78 is 0. The minimum absolute atomic E-state index is 0. The quantitative estimate of drug-likeness (QED) is 0.279. The molecule has 4 N–H and O–H groups in total. The molecule has 0 heterocycles. The van der Waals surface area contributed by atoms with Gasteiger partial charge in [-0.3, -0.25) is 4.99 Å². The van der Waals surface area contributed by atoms with E-state index in [1.165, 1.54) is 5.69 Å². The lowest BCUT2D eigenvalue weighted by Crippen LogP contribution is -2.42. The van der Waals surface area contributed by atoms with Gasteiger partial charge in [-0.25, -0.2) is 0 Å². The van der Waals surface area contributed by atoms with Crippen molar-refractivity contribution in [3.63, 3.8) is 0 Å². The molecule has 0 unspecified atom stereocenters. The second-order valence-electron chi connectivity index (χ2n) is 6.03. The van der Waals surface area contributed by atoms with E-state index in [4.69, 9.17) is 5.73 Å². The van der Waals surface area contributed by atoms with E-state index in [0.717, 1.165) is 45.2 Å². The van der Waals surface area contributed by atoms with E-state index in [1.54, 1.807) is 0 Å². The van der Waals surface area contributed by atoms with E-state index < -0.39 is 0 Å². The van der Waals surface area contributed by atoms with Crippen LogP contribution in [0.15, 0.2) is 35.3 Å². The Balaban J connectivity index is 0.00000264. The number of hydrogen-bond donors (Lipinski definition) is 3. The third-order valence-electron chi connectivity index (χ3n) is 4.18. The molecular formula is C17H29IN4O. The zero-order valence-electron chi connectivity index (χ0n) is 13.8. The number of aliphatic hydroxyl groups excluding tert-OH is 1. The molecule has 6 heteroatoms. The number of nitrogens with two attached hydrogens (primary N) is 1. The molecule has 2 rings (SSSR count). The van der Waals surface area contributed by atoms with E-state index in [1.807, 2.05) is 18.2 Å². The van der Waals surface area contributed by atoms with Gasteiger partial charge < -0.3 is 21.1 Å². The van der Waals surface area contributed by atoms with Gasteiger partial charge in [-0.1, -0.05) is 18.2 Å². The molecule has 1 aromatic rings. The van der Waals surface area contributed by atoms with Crippen LogP contribution in [-0.4, -0.2) is 43.3 Å². The van der Waals surface area contributed by atoms with Crippen LogP contribution in [0.2, 0.25) is 0 Å². The van der Waals surface area contributed by atoms with Crippen molar-refractivity contribution in [1.82, 2.24) is 5.32 Å². The van der Waals surface area contributed by atoms with Gasteiger partial charge >= 0.3 is 0 Å². The molecule has 1 aliphatic carbocycles. The molecule has 1 fully saturated rings. The van der Waals surface area contributed by atoms with Crippen LogP contribution in [0.25, 0.3) is 0 Å². The number of aliphatic hydroxyl groups is 1. The third-order valence-corrected chi connectivity index (χ3v) is 4.18. The minimum Gasteiger partial charge on any atom is -0.393 e. The van der Waals surface area contributed by atoms with Crippen LogP contribution in [0, 0.1) is 0 Å². The monoisotopic (exact) mass is 432 g/mol. The highest BCUT2D eigenvalue weighted by Crippen LogP contribution is 2.18. The van der Waals surface area contributed by atoms with Gasteiger partial charge in [0.2, 0.25) is 0 Å². The highest BCUT2D eigenvalue weighted by atomic mass is 127. The van der Waals surface area contributed by atoms with E-state index in [-0.39, 0.29) is 30.1 Å². The Bertz CT molecular complexity index is 461. The maximum atomic E-state index is 9.49. The Morgan fingerprint density at radius 2 is 1.91 bits per heavy atom. The van der Waals surface area contributed by atoms with Gasteiger partial charge in [-0.2, -0.15) is 0 Å². The SMILES string of the molecule is CN(CCCN=C(N)NC1CCC(O)CC1)c1ccccc1.I. The van der Waals surface area contributed by atoms with Crippen molar-refractivity contribution in [3.8, 4) is 0 Å². The number of nitrogens with one attached hydrogen (secondary N) is 1. The largest absolute Gasteiger partial charge is 0.393 e. The summed E-state index contributed by atoms with van der Waals surface area (Å²) in [6, 6.07) is 10.7. The summed E-state index contributed by atoms with van der Waals surface area (Å²) in [5.41, 5.74) is 7.15. The molecule has 1 aromatic carbocycles. The Labute approximate surface area is 156 Å². The summed E-state index contributed by atoms with van der Waals surface area (Å²) in [5, 5.41) is 12.7. The molecule has 130 valence electrons. The van der Waals surface area contributed by atoms with E-state index in [2.05, 4.69) is 34.4 Å². The summed E-state index contributed by atoms with van der Waals surface area (Å²) in [6.07, 6.45) is 4.48. The van der Waals surface area contributed by atoms with Gasteiger partial charge in [0.05, 0.1) is 6.10 Å². The van der Waals surface area contributed by atoms with Crippen LogP contribution in [0.4, 0.5) is 5.69 Å². The standard InChI is InChI=1S/C17H28N4O.HI/c1-21(15-6-3-2-4-7-15)13-5-12-19-17(18)20-14-8-10-16(22)11-9-14;/h2-4,6-7,14,16,22H,5,8-13H2,1H3,(H3,18,19,20);1H. The molecule has 23 heavy (non-hydrogen) atoms. The van der Waals surface area contributed by atoms with Crippen LogP contribution >= 0.6 is 24.0 Å². The van der Waals surface area contributed by atoms with Crippen LogP contribution in [0.5, 0.6) is 0 Å². The van der Waals surface area contributed by atoms with Gasteiger partial charge in [-0.15, -0.1) is 24.0 Å². The molecule has 0 saturated heterocycles. The van der Waals surface area contributed by atoms with Crippen LogP contribution in [-0.2, 0) is 0 Å². The first-order valence-electron chi connectivity index (χ1n) is 8.16. The molecule has 0 aromatic heterocycles. The van der Waals surface area contributed by atoms with E-state index in [0.29, 0.717) is 12.0 Å². The maximum Gasteiger partial charge on any atom is 0.188 e. The highest BCUT2D eigenvalue weighted by Gasteiger charge is 2.19. The lowest BCUT2D eigenvalue weighted by Gasteiger charge is -2.26. The summed E-state index contributed by atoms with van der Waals surface area (Å²) in [5.74, 6) is 0.531. The summed E-state index contributed by atoms with van der Waals surface area (Å²) in [7, 11) is 2.09. The number of guanidine groups is 1. The normalized spacial score (nSPS) is 21.4. The molecule has 1 aliphatic rings. The molecule has 0 bridgehead atoms. The number of hydrogen-bond acceptors (Lipinski definition) is 3. The average Bonchev–Trinajstić information content (AvgIpc) is 2.54. The van der Waals surface area contributed by atoms with Crippen molar-refractivity contribution in [1.29, 1.82) is 0 Å². The van der Waals surface area contributed by atoms with Gasteiger partial charge in [-0.05, 0) is 44.2 Å². The van der Waals surface area contributed by atoms with Gasteiger partial charge in [0.1, 0.15) is 0 Å². The zero-order valence-corrected chi connectivity index (χ0v) is 16.1. The van der Waals surface area contributed by atoms with E-state index >= 15 is 0 Å². The smallest absolute Gasteiger partial charge is 0.188 e. The van der Waals surface area contributed by atoms with Crippen LogP contribution in [0.3, 0.4) is 0 Å². The fraction of sp³-hybridized carbons (Fsp3) is 0.588. The Morgan fingerprint density at radius 1 is 1.26 bits per heavy atom. The molecule has 0 spiro atoms. The Hall–Kier alpha value is -1.02. The van der Waals surface area contributed by atoms with E-state index in [9.17, 15) is 5.11 Å². The van der Waals surface area contributed by atoms with Gasteiger partial charge in [0.25, 0.3) is 0 Å². The number of halogens is 1. The molecule has 5 nitrogen and oxygen atoms in total. The summed E-state index contributed by atoms with van der Waals surface area (Å²) in [4.78, 5) is 6.62.